The first kappa shape index (κ1) is 86.9. The number of carbonyl (C=O) groups is 2. The molecule has 0 aliphatic rings. The molecule has 0 radical (unpaired) electrons. The summed E-state index contributed by atoms with van der Waals surface area (Å²) in [6, 6.07) is -0.539. The number of unbranched alkanes of at least 4 members (excludes halogenated alkanes) is 68. The Morgan fingerprint density at radius 2 is 0.466 bits per heavy atom. The Labute approximate surface area is 553 Å². The Morgan fingerprint density at radius 3 is 0.693 bits per heavy atom. The highest BCUT2D eigenvalue weighted by Gasteiger charge is 2.20. The number of aliphatic hydroxyl groups is 2. The van der Waals surface area contributed by atoms with Crippen LogP contribution in [-0.4, -0.2) is 47.4 Å². The van der Waals surface area contributed by atoms with Crippen molar-refractivity contribution in [3.63, 3.8) is 0 Å². The Bertz CT molecular complexity index is 1290. The van der Waals surface area contributed by atoms with Crippen LogP contribution in [0.1, 0.15) is 489 Å². The van der Waals surface area contributed by atoms with E-state index in [9.17, 15) is 19.8 Å². The highest BCUT2D eigenvalue weighted by molar-refractivity contribution is 5.76. The second-order valence-corrected chi connectivity index (χ2v) is 28.8. The molecule has 0 fully saturated rings. The predicted octanol–water partition coefficient (Wildman–Crippen LogP) is 27.3. The molecule has 0 saturated heterocycles. The van der Waals surface area contributed by atoms with Crippen LogP contribution in [-0.2, 0) is 14.3 Å². The maximum absolute atomic E-state index is 12.6. The van der Waals surface area contributed by atoms with Gasteiger partial charge in [0.15, 0.2) is 0 Å². The molecule has 0 heterocycles. The summed E-state index contributed by atoms with van der Waals surface area (Å²) in [6.07, 6.45) is 97.8. The van der Waals surface area contributed by atoms with Crippen LogP contribution < -0.4 is 5.32 Å². The predicted molar refractivity (Wildman–Crippen MR) is 389 cm³/mol. The summed E-state index contributed by atoms with van der Waals surface area (Å²) >= 11 is 0. The molecule has 1 amide bonds. The lowest BCUT2D eigenvalue weighted by atomic mass is 10.0. The molecule has 0 aliphatic heterocycles. The third-order valence-corrected chi connectivity index (χ3v) is 19.9. The minimum atomic E-state index is -0.662. The second kappa shape index (κ2) is 78.3. The van der Waals surface area contributed by atoms with E-state index in [1.807, 2.05) is 0 Å². The summed E-state index contributed by atoms with van der Waals surface area (Å²) in [4.78, 5) is 24.7. The molecule has 6 heteroatoms. The van der Waals surface area contributed by atoms with Crippen molar-refractivity contribution in [1.82, 2.24) is 5.32 Å². The molecular weight excluding hydrogens is 1080 g/mol. The van der Waals surface area contributed by atoms with E-state index < -0.39 is 12.1 Å². The van der Waals surface area contributed by atoms with Crippen LogP contribution in [0.25, 0.3) is 0 Å². The van der Waals surface area contributed by atoms with Crippen LogP contribution in [0.4, 0.5) is 0 Å². The van der Waals surface area contributed by atoms with Crippen molar-refractivity contribution < 1.29 is 24.5 Å². The zero-order chi connectivity index (χ0) is 63.5. The van der Waals surface area contributed by atoms with Gasteiger partial charge in [-0.05, 0) is 25.7 Å². The van der Waals surface area contributed by atoms with Gasteiger partial charge in [-0.1, -0.05) is 450 Å². The summed E-state index contributed by atoms with van der Waals surface area (Å²) < 4.78 is 5.52. The Kier molecular flexibility index (Phi) is 77.3. The van der Waals surface area contributed by atoms with Gasteiger partial charge in [-0.3, -0.25) is 9.59 Å². The molecule has 526 valence electrons. The van der Waals surface area contributed by atoms with Gasteiger partial charge in [0.05, 0.1) is 25.4 Å². The van der Waals surface area contributed by atoms with Crippen molar-refractivity contribution in [2.75, 3.05) is 13.2 Å². The number of ether oxygens (including phenoxy) is 1. The smallest absolute Gasteiger partial charge is 0.305 e. The van der Waals surface area contributed by atoms with Gasteiger partial charge in [-0.2, -0.15) is 0 Å². The lowest BCUT2D eigenvalue weighted by Crippen LogP contribution is -2.45. The van der Waals surface area contributed by atoms with Crippen LogP contribution in [0.15, 0.2) is 0 Å². The van der Waals surface area contributed by atoms with Crippen molar-refractivity contribution in [3.05, 3.63) is 0 Å². The topological polar surface area (TPSA) is 95.9 Å². The van der Waals surface area contributed by atoms with Gasteiger partial charge in [0.25, 0.3) is 0 Å². The molecule has 2 unspecified atom stereocenters. The van der Waals surface area contributed by atoms with E-state index in [-0.39, 0.29) is 18.5 Å². The molecule has 0 bridgehead atoms. The van der Waals surface area contributed by atoms with E-state index >= 15 is 0 Å². The quantitative estimate of drug-likeness (QED) is 0.0417. The van der Waals surface area contributed by atoms with Crippen molar-refractivity contribution in [2.45, 2.75) is 501 Å². The van der Waals surface area contributed by atoms with Crippen molar-refractivity contribution in [2.24, 2.45) is 0 Å². The highest BCUT2D eigenvalue weighted by Crippen LogP contribution is 2.21. The summed E-state index contributed by atoms with van der Waals surface area (Å²) in [7, 11) is 0. The van der Waals surface area contributed by atoms with E-state index in [1.54, 1.807) is 0 Å². The molecule has 2 atom stereocenters. The monoisotopic (exact) mass is 1240 g/mol. The summed E-state index contributed by atoms with van der Waals surface area (Å²) in [6.45, 7) is 5.03. The van der Waals surface area contributed by atoms with Crippen molar-refractivity contribution in [3.8, 4) is 0 Å². The Hall–Kier alpha value is -1.14. The van der Waals surface area contributed by atoms with Gasteiger partial charge in [0.1, 0.15) is 0 Å². The Balaban J connectivity index is 3.31. The standard InChI is InChI=1S/C82H163NO5/c1-3-5-7-9-11-13-15-17-19-21-22-23-33-36-39-43-46-50-54-58-62-66-70-74-80(85)79(78-84)83-81(86)75-71-67-63-59-55-51-47-44-40-37-34-31-29-27-25-24-26-28-30-32-35-38-41-45-49-53-57-61-65-69-73-77-88-82(87)76-72-68-64-60-56-52-48-42-20-18-16-14-12-10-8-6-4-2/h79-80,84-85H,3-78H2,1-2H3,(H,83,86). The fourth-order valence-corrected chi connectivity index (χ4v) is 13.6. The van der Waals surface area contributed by atoms with E-state index in [2.05, 4.69) is 19.2 Å². The van der Waals surface area contributed by atoms with E-state index in [0.717, 1.165) is 38.5 Å². The third kappa shape index (κ3) is 73.9. The van der Waals surface area contributed by atoms with Crippen molar-refractivity contribution in [1.29, 1.82) is 0 Å². The number of esters is 1. The summed E-state index contributed by atoms with van der Waals surface area (Å²) in [5.41, 5.74) is 0. The number of nitrogens with one attached hydrogen (secondary N) is 1. The van der Waals surface area contributed by atoms with Crippen LogP contribution >= 0.6 is 0 Å². The summed E-state index contributed by atoms with van der Waals surface area (Å²) in [5, 5.41) is 23.5. The van der Waals surface area contributed by atoms with Crippen LogP contribution in [0, 0.1) is 0 Å². The molecule has 0 aromatic heterocycles. The second-order valence-electron chi connectivity index (χ2n) is 28.8. The number of aliphatic hydroxyl groups excluding tert-OH is 2. The van der Waals surface area contributed by atoms with Crippen molar-refractivity contribution >= 4 is 11.9 Å². The fraction of sp³-hybridized carbons (Fsp3) is 0.976. The van der Waals surface area contributed by atoms with E-state index in [4.69, 9.17) is 4.74 Å². The number of amides is 1. The minimum absolute atomic E-state index is 0.0241. The zero-order valence-electron chi connectivity index (χ0n) is 60.5. The first-order valence-corrected chi connectivity index (χ1v) is 41.3. The maximum Gasteiger partial charge on any atom is 0.305 e. The Morgan fingerprint density at radius 1 is 0.273 bits per heavy atom. The first-order chi connectivity index (χ1) is 43.5. The largest absolute Gasteiger partial charge is 0.466 e. The molecule has 0 aromatic rings. The average Bonchev–Trinajstić information content (AvgIpc) is 3.57. The average molecular weight is 1240 g/mol. The van der Waals surface area contributed by atoms with Gasteiger partial charge in [0, 0.05) is 12.8 Å². The zero-order valence-corrected chi connectivity index (χ0v) is 60.5. The van der Waals surface area contributed by atoms with Crippen LogP contribution in [0.3, 0.4) is 0 Å². The number of rotatable bonds is 79. The SMILES string of the molecule is CCCCCCCCCCCCCCCCCCCCCCCCCC(O)C(CO)NC(=O)CCCCCCCCCCCCCCCCCCCCCCCCCCCCCCCCCOC(=O)CCCCCCCCCCCCCCCCCCC. The fourth-order valence-electron chi connectivity index (χ4n) is 13.6. The molecule has 0 aromatic carbocycles. The van der Waals surface area contributed by atoms with Crippen LogP contribution in [0.2, 0.25) is 0 Å². The summed E-state index contributed by atoms with van der Waals surface area (Å²) in [5.74, 6) is 0.00232. The van der Waals surface area contributed by atoms with Gasteiger partial charge in [0.2, 0.25) is 5.91 Å². The normalized spacial score (nSPS) is 12.4. The molecule has 0 rings (SSSR count). The molecule has 0 spiro atoms. The maximum atomic E-state index is 12.6. The molecule has 6 nitrogen and oxygen atoms in total. The molecule has 0 saturated carbocycles. The molecule has 0 aliphatic carbocycles. The minimum Gasteiger partial charge on any atom is -0.466 e. The van der Waals surface area contributed by atoms with Gasteiger partial charge < -0.3 is 20.3 Å². The molecule has 88 heavy (non-hydrogen) atoms. The molecule has 3 N–H and O–H groups in total. The lowest BCUT2D eigenvalue weighted by molar-refractivity contribution is -0.143. The van der Waals surface area contributed by atoms with Crippen LogP contribution in [0.5, 0.6) is 0 Å². The number of hydrogen-bond donors (Lipinski definition) is 3. The van der Waals surface area contributed by atoms with Gasteiger partial charge in [-0.15, -0.1) is 0 Å². The highest BCUT2D eigenvalue weighted by atomic mass is 16.5. The number of hydrogen-bond acceptors (Lipinski definition) is 5. The molecular formula is C82H163NO5. The van der Waals surface area contributed by atoms with E-state index in [1.165, 1.54) is 417 Å². The van der Waals surface area contributed by atoms with E-state index in [0.29, 0.717) is 25.9 Å². The number of carbonyl (C=O) groups excluding carboxylic acids is 2. The van der Waals surface area contributed by atoms with Gasteiger partial charge >= 0.3 is 5.97 Å². The van der Waals surface area contributed by atoms with Gasteiger partial charge in [-0.25, -0.2) is 0 Å². The third-order valence-electron chi connectivity index (χ3n) is 19.9. The lowest BCUT2D eigenvalue weighted by Gasteiger charge is -2.22. The first-order valence-electron chi connectivity index (χ1n) is 41.3.